The number of carbonyl (C=O) groups excluding carboxylic acids is 1. The zero-order valence-electron chi connectivity index (χ0n) is 3.94. The second-order valence-corrected chi connectivity index (χ2v) is 0.877. The van der Waals surface area contributed by atoms with Crippen molar-refractivity contribution in [2.75, 3.05) is 6.61 Å². The van der Waals surface area contributed by atoms with Gasteiger partial charge in [-0.05, 0) is 0 Å². The molecule has 0 unspecified atom stereocenters. The summed E-state index contributed by atoms with van der Waals surface area (Å²) in [5, 5.41) is 16.5. The monoisotopic (exact) mass is 136 g/mol. The van der Waals surface area contributed by atoms with Crippen molar-refractivity contribution < 1.29 is 23.3 Å². The Kier molecular flexibility index (Phi) is 13.5. The number of aliphatic hydroxyl groups is 1. The number of hydrogen-bond donors (Lipinski definition) is 3. The Morgan fingerprint density at radius 1 is 1.62 bits per heavy atom. The molecule has 6 heteroatoms. The van der Waals surface area contributed by atoms with Crippen LogP contribution in [0, 0.1) is 0 Å². The van der Waals surface area contributed by atoms with Crippen molar-refractivity contribution >= 4 is 21.9 Å². The number of hydrogen-bond acceptors (Lipinski definition) is 5. The number of rotatable bonds is 1. The molecule has 0 amide bonds. The third-order valence-electron chi connectivity index (χ3n) is 0.129. The van der Waals surface area contributed by atoms with Crippen molar-refractivity contribution in [1.29, 1.82) is 0 Å². The molecule has 5 nitrogen and oxygen atoms in total. The van der Waals surface area contributed by atoms with Crippen LogP contribution < -0.4 is 5.11 Å². The van der Waals surface area contributed by atoms with Gasteiger partial charge in [0.25, 0.3) is 0 Å². The van der Waals surface area contributed by atoms with E-state index in [1.807, 2.05) is 0 Å². The molecule has 0 saturated heterocycles. The number of carboxylic acid groups (broad SMARTS) is 1. The van der Waals surface area contributed by atoms with E-state index in [4.69, 9.17) is 23.3 Å². The number of carbonyl (C=O) groups is 1. The van der Waals surface area contributed by atoms with Gasteiger partial charge in [-0.3, -0.25) is 0 Å². The summed E-state index contributed by atoms with van der Waals surface area (Å²) in [6.45, 7) is -0.889. The Hall–Kier alpha value is -0.118. The summed E-state index contributed by atoms with van der Waals surface area (Å²) in [4.78, 5) is 9.01. The van der Waals surface area contributed by atoms with Gasteiger partial charge in [0, 0.05) is 0 Å². The molecule has 3 N–H and O–H groups in total. The average molecular weight is 136 g/mol. The van der Waals surface area contributed by atoms with Crippen molar-refractivity contribution in [2.45, 2.75) is 0 Å². The molecule has 0 aromatic carbocycles. The van der Waals surface area contributed by atoms with Crippen LogP contribution in [0.5, 0.6) is 0 Å². The minimum absolute atomic E-state index is 0.889. The number of carboxylic acids is 1. The molecular weight excluding hydrogens is 131 g/mol. The van der Waals surface area contributed by atoms with Crippen LogP contribution in [-0.4, -0.2) is 41.9 Å². The second-order valence-electron chi connectivity index (χ2n) is 0.646. The topological polar surface area (TPSA) is 101 Å². The van der Waals surface area contributed by atoms with Gasteiger partial charge >= 0.3 is 24.2 Å². The molecule has 0 saturated carbocycles. The van der Waals surface area contributed by atoms with Crippen LogP contribution in [0.2, 0.25) is 0 Å². The van der Waals surface area contributed by atoms with E-state index in [0.29, 0.717) is 0 Å². The van der Waals surface area contributed by atoms with Gasteiger partial charge in [0.15, 0.2) is 0 Å². The van der Waals surface area contributed by atoms with Crippen LogP contribution in [-0.2, 0) is 4.79 Å². The first-order chi connectivity index (χ1) is 3.68. The molecule has 0 rings (SSSR count). The normalized spacial score (nSPS) is 5.88. The summed E-state index contributed by atoms with van der Waals surface area (Å²) >= 11 is -1.25. The van der Waals surface area contributed by atoms with Gasteiger partial charge in [0.1, 0.15) is 0 Å². The van der Waals surface area contributed by atoms with Crippen molar-refractivity contribution in [2.24, 2.45) is 0 Å². The number of aliphatic carboxylic acids is 1. The summed E-state index contributed by atoms with van der Waals surface area (Å²) in [6, 6.07) is 0. The summed E-state index contributed by atoms with van der Waals surface area (Å²) in [5.74, 6) is -1.44. The first kappa shape index (κ1) is 10.8. The van der Waals surface area contributed by atoms with Gasteiger partial charge in [0.05, 0.1) is 12.6 Å². The van der Waals surface area contributed by atoms with E-state index in [9.17, 15) is 0 Å². The molecule has 0 aromatic rings. The van der Waals surface area contributed by atoms with Crippen LogP contribution in [0.3, 0.4) is 0 Å². The van der Waals surface area contributed by atoms with Crippen molar-refractivity contribution in [3.63, 3.8) is 0 Å². The van der Waals surface area contributed by atoms with Gasteiger partial charge in [-0.25, -0.2) is 0 Å². The molecular formula is C2H5AlO5. The Labute approximate surface area is 52.6 Å². The van der Waals surface area contributed by atoms with Crippen LogP contribution in [0.15, 0.2) is 0 Å². The van der Waals surface area contributed by atoms with Crippen LogP contribution in [0.1, 0.15) is 0 Å². The van der Waals surface area contributed by atoms with E-state index in [1.165, 1.54) is 0 Å². The molecule has 0 aliphatic rings. The summed E-state index contributed by atoms with van der Waals surface area (Å²) in [6.07, 6.45) is 0. The maximum atomic E-state index is 9.01. The first-order valence-electron chi connectivity index (χ1n) is 1.59. The van der Waals surface area contributed by atoms with E-state index in [0.717, 1.165) is 0 Å². The summed E-state index contributed by atoms with van der Waals surface area (Å²) in [7, 11) is 0. The van der Waals surface area contributed by atoms with Gasteiger partial charge < -0.3 is 15.0 Å². The summed E-state index contributed by atoms with van der Waals surface area (Å²) in [5.41, 5.74) is 0. The first-order valence-corrected chi connectivity index (χ1v) is 2.63. The predicted molar refractivity (Wildman–Crippen MR) is 22.3 cm³/mol. The molecule has 0 atom stereocenters. The van der Waals surface area contributed by atoms with Crippen LogP contribution in [0.25, 0.3) is 0 Å². The summed E-state index contributed by atoms with van der Waals surface area (Å²) < 4.78 is 14.4. The maximum absolute atomic E-state index is 9.01. The van der Waals surface area contributed by atoms with E-state index >= 15 is 0 Å². The standard InChI is InChI=1S/C2H4O3.Al.2H2O/c3-1-2(4)5;;;/h3H,1H2,(H,4,5);;2*1H2/q;+3;;/p-3. The Bertz CT molecular complexity index is 54.4. The molecule has 8 heavy (non-hydrogen) atoms. The van der Waals surface area contributed by atoms with Crippen LogP contribution >= 0.6 is 0 Å². The zero-order valence-corrected chi connectivity index (χ0v) is 5.10. The third-order valence-corrected chi connectivity index (χ3v) is 0.129. The molecule has 0 bridgehead atoms. The van der Waals surface area contributed by atoms with E-state index in [2.05, 4.69) is 0 Å². The molecule has 46 valence electrons. The number of aliphatic hydroxyl groups excluding tert-OH is 1. The molecule has 0 spiro atoms. The Morgan fingerprint density at radius 3 is 1.75 bits per heavy atom. The molecule has 0 fully saturated rings. The molecule has 0 aliphatic carbocycles. The van der Waals surface area contributed by atoms with Gasteiger partial charge in [0.2, 0.25) is 0 Å². The molecule has 0 heterocycles. The fourth-order valence-electron chi connectivity index (χ4n) is 0. The minimum atomic E-state index is -1.44. The fraction of sp³-hybridized carbons (Fsp3) is 0.500. The van der Waals surface area contributed by atoms with Gasteiger partial charge in [-0.1, -0.05) is 0 Å². The predicted octanol–water partition coefficient (Wildman–Crippen LogP) is -3.77. The van der Waals surface area contributed by atoms with E-state index in [1.54, 1.807) is 0 Å². The molecule has 0 radical (unpaired) electrons. The van der Waals surface area contributed by atoms with Crippen molar-refractivity contribution in [3.05, 3.63) is 0 Å². The SMILES string of the molecule is O=C([O-])CO.[OH][Al+][OH]. The van der Waals surface area contributed by atoms with Gasteiger partial charge in [-0.2, -0.15) is 0 Å². The second kappa shape index (κ2) is 9.99. The van der Waals surface area contributed by atoms with Crippen LogP contribution in [0.4, 0.5) is 0 Å². The van der Waals surface area contributed by atoms with E-state index in [-0.39, 0.29) is 0 Å². The average Bonchev–Trinajstić information content (AvgIpc) is 1.69. The molecule has 0 aromatic heterocycles. The van der Waals surface area contributed by atoms with Gasteiger partial charge in [-0.15, -0.1) is 0 Å². The van der Waals surface area contributed by atoms with E-state index < -0.39 is 28.5 Å². The van der Waals surface area contributed by atoms with Crippen molar-refractivity contribution in [1.82, 2.24) is 0 Å². The zero-order chi connectivity index (χ0) is 6.99. The quantitative estimate of drug-likeness (QED) is 0.321. The fourth-order valence-corrected chi connectivity index (χ4v) is 0. The third kappa shape index (κ3) is 39.6. The Balaban J connectivity index is 0. The molecule has 0 aliphatic heterocycles. The Morgan fingerprint density at radius 2 is 1.75 bits per heavy atom. The van der Waals surface area contributed by atoms with Crippen molar-refractivity contribution in [3.8, 4) is 0 Å².